The molecule has 1 saturated heterocycles. The third kappa shape index (κ3) is 5.21. The van der Waals surface area contributed by atoms with E-state index in [1.54, 1.807) is 23.9 Å². The summed E-state index contributed by atoms with van der Waals surface area (Å²) in [5.74, 6) is -0.160. The van der Waals surface area contributed by atoms with E-state index in [2.05, 4.69) is 5.32 Å². The number of benzene rings is 2. The van der Waals surface area contributed by atoms with Crippen LogP contribution >= 0.6 is 11.8 Å². The molecule has 0 saturated carbocycles. The first-order chi connectivity index (χ1) is 13.8. The van der Waals surface area contributed by atoms with E-state index in [9.17, 15) is 13.2 Å². The maximum Gasteiger partial charge on any atom is 0.243 e. The lowest BCUT2D eigenvalue weighted by molar-refractivity contribution is -0.126. The second kappa shape index (κ2) is 9.32. The molecule has 1 aliphatic rings. The molecule has 1 atom stereocenters. The number of hydrogen-bond acceptors (Lipinski definition) is 4. The van der Waals surface area contributed by atoms with E-state index in [1.807, 2.05) is 56.5 Å². The van der Waals surface area contributed by atoms with Crippen LogP contribution in [0.5, 0.6) is 0 Å². The highest BCUT2D eigenvalue weighted by Crippen LogP contribution is 2.26. The smallest absolute Gasteiger partial charge is 0.243 e. The number of rotatable bonds is 6. The molecule has 5 nitrogen and oxygen atoms in total. The fourth-order valence-electron chi connectivity index (χ4n) is 3.52. The molecule has 7 heteroatoms. The summed E-state index contributed by atoms with van der Waals surface area (Å²) in [6.45, 7) is 4.74. The lowest BCUT2D eigenvalue weighted by Gasteiger charge is -2.31. The van der Waals surface area contributed by atoms with Gasteiger partial charge >= 0.3 is 0 Å². The fourth-order valence-corrected chi connectivity index (χ4v) is 5.40. The number of thioether (sulfide) groups is 1. The number of amides is 1. The third-order valence-corrected chi connectivity index (χ3v) is 8.11. The monoisotopic (exact) mass is 432 g/mol. The zero-order valence-electron chi connectivity index (χ0n) is 17.1. The largest absolute Gasteiger partial charge is 0.349 e. The van der Waals surface area contributed by atoms with Gasteiger partial charge in [-0.3, -0.25) is 4.79 Å². The van der Waals surface area contributed by atoms with Gasteiger partial charge in [0, 0.05) is 23.9 Å². The number of piperidine rings is 1. The van der Waals surface area contributed by atoms with Crippen LogP contribution in [0, 0.1) is 12.8 Å². The normalized spacial score (nSPS) is 17.1. The minimum atomic E-state index is -3.51. The van der Waals surface area contributed by atoms with Gasteiger partial charge in [0.1, 0.15) is 0 Å². The summed E-state index contributed by atoms with van der Waals surface area (Å²) in [4.78, 5) is 14.0. The molecule has 0 aliphatic carbocycles. The van der Waals surface area contributed by atoms with E-state index in [-0.39, 0.29) is 17.9 Å². The van der Waals surface area contributed by atoms with Gasteiger partial charge in [-0.15, -0.1) is 11.8 Å². The molecule has 156 valence electrons. The molecule has 0 aromatic heterocycles. The Hall–Kier alpha value is -1.83. The lowest BCUT2D eigenvalue weighted by Crippen LogP contribution is -2.43. The summed E-state index contributed by atoms with van der Waals surface area (Å²) in [7, 11) is -3.51. The zero-order valence-corrected chi connectivity index (χ0v) is 18.7. The van der Waals surface area contributed by atoms with E-state index < -0.39 is 10.0 Å². The molecule has 1 heterocycles. The minimum Gasteiger partial charge on any atom is -0.349 e. The number of carbonyl (C=O) groups excluding carboxylic acids is 1. The highest BCUT2D eigenvalue weighted by atomic mass is 32.2. The third-order valence-electron chi connectivity index (χ3n) is 5.46. The number of nitrogens with zero attached hydrogens (tertiary/aromatic N) is 1. The molecule has 0 radical (unpaired) electrons. The Kier molecular flexibility index (Phi) is 7.03. The van der Waals surface area contributed by atoms with E-state index in [4.69, 9.17) is 0 Å². The van der Waals surface area contributed by atoms with Crippen molar-refractivity contribution in [1.29, 1.82) is 0 Å². The summed E-state index contributed by atoms with van der Waals surface area (Å²) in [5.41, 5.74) is 2.25. The number of aryl methyl sites for hydroxylation is 1. The average molecular weight is 433 g/mol. The summed E-state index contributed by atoms with van der Waals surface area (Å²) >= 11 is 1.58. The molecule has 3 rings (SSSR count). The van der Waals surface area contributed by atoms with Crippen LogP contribution in [0.4, 0.5) is 0 Å². The summed E-state index contributed by atoms with van der Waals surface area (Å²) in [5, 5.41) is 3.07. The summed E-state index contributed by atoms with van der Waals surface area (Å²) in [6.07, 6.45) is 3.03. The molecule has 0 bridgehead atoms. The molecule has 1 amide bonds. The van der Waals surface area contributed by atoms with Crippen molar-refractivity contribution < 1.29 is 13.2 Å². The van der Waals surface area contributed by atoms with Crippen molar-refractivity contribution in [3.63, 3.8) is 0 Å². The van der Waals surface area contributed by atoms with Crippen LogP contribution in [0.2, 0.25) is 0 Å². The van der Waals surface area contributed by atoms with Crippen LogP contribution in [0.15, 0.2) is 58.3 Å². The van der Waals surface area contributed by atoms with Gasteiger partial charge in [0.15, 0.2) is 0 Å². The topological polar surface area (TPSA) is 66.5 Å². The Balaban J connectivity index is 1.57. The number of hydrogen-bond donors (Lipinski definition) is 1. The van der Waals surface area contributed by atoms with Crippen LogP contribution < -0.4 is 5.32 Å². The van der Waals surface area contributed by atoms with Crippen molar-refractivity contribution in [2.45, 2.75) is 42.5 Å². The second-order valence-corrected chi connectivity index (χ2v) is 10.3. The molecule has 0 spiro atoms. The Morgan fingerprint density at radius 1 is 1.07 bits per heavy atom. The zero-order chi connectivity index (χ0) is 21.0. The van der Waals surface area contributed by atoms with Gasteiger partial charge in [-0.25, -0.2) is 8.42 Å². The van der Waals surface area contributed by atoms with Gasteiger partial charge in [0.05, 0.1) is 10.9 Å². The van der Waals surface area contributed by atoms with Crippen molar-refractivity contribution in [1.82, 2.24) is 9.62 Å². The highest BCUT2D eigenvalue weighted by molar-refractivity contribution is 7.98. The van der Waals surface area contributed by atoms with E-state index in [0.717, 1.165) is 10.5 Å². The molecule has 1 fully saturated rings. The number of nitrogens with one attached hydrogen (secondary N) is 1. The van der Waals surface area contributed by atoms with Gasteiger partial charge in [0.2, 0.25) is 15.9 Å². The van der Waals surface area contributed by atoms with Gasteiger partial charge in [-0.2, -0.15) is 4.31 Å². The quantitative estimate of drug-likeness (QED) is 0.701. The van der Waals surface area contributed by atoms with E-state index >= 15 is 0 Å². The summed E-state index contributed by atoms with van der Waals surface area (Å²) < 4.78 is 27.2. The highest BCUT2D eigenvalue weighted by Gasteiger charge is 2.32. The fraction of sp³-hybridized carbons (Fsp3) is 0.409. The average Bonchev–Trinajstić information content (AvgIpc) is 2.74. The van der Waals surface area contributed by atoms with Crippen LogP contribution in [0.25, 0.3) is 0 Å². The summed E-state index contributed by atoms with van der Waals surface area (Å²) in [6, 6.07) is 15.0. The number of sulfonamides is 1. The van der Waals surface area contributed by atoms with Crippen molar-refractivity contribution in [2.24, 2.45) is 5.92 Å². The Morgan fingerprint density at radius 2 is 1.66 bits per heavy atom. The van der Waals surface area contributed by atoms with Crippen LogP contribution in [-0.4, -0.2) is 38.0 Å². The maximum atomic E-state index is 12.9. The van der Waals surface area contributed by atoms with Gasteiger partial charge in [-0.05, 0) is 62.8 Å². The second-order valence-electron chi connectivity index (χ2n) is 7.49. The molecular weight excluding hydrogens is 404 g/mol. The molecule has 1 aliphatic heterocycles. The minimum absolute atomic E-state index is 0.000513. The van der Waals surface area contributed by atoms with Crippen molar-refractivity contribution in [2.75, 3.05) is 19.3 Å². The number of carbonyl (C=O) groups is 1. The van der Waals surface area contributed by atoms with Crippen molar-refractivity contribution in [3.8, 4) is 0 Å². The van der Waals surface area contributed by atoms with E-state index in [0.29, 0.717) is 30.8 Å². The van der Waals surface area contributed by atoms with Gasteiger partial charge in [-0.1, -0.05) is 29.8 Å². The van der Waals surface area contributed by atoms with Crippen LogP contribution in [0.1, 0.15) is 36.9 Å². The Labute approximate surface area is 177 Å². The standard InChI is InChI=1S/C22H28N2O3S2/c1-16-4-6-18(7-5-16)17(2)23-22(25)19-12-14-24(15-13-19)29(26,27)21-10-8-20(28-3)9-11-21/h4-11,17,19H,12-15H2,1-3H3,(H,23,25)/t17-/m0/s1. The van der Waals surface area contributed by atoms with Crippen LogP contribution in [0.3, 0.4) is 0 Å². The molecule has 0 unspecified atom stereocenters. The van der Waals surface area contributed by atoms with Gasteiger partial charge < -0.3 is 5.32 Å². The molecular formula is C22H28N2O3S2. The SMILES string of the molecule is CSc1ccc(S(=O)(=O)N2CCC(C(=O)N[C@@H](C)c3ccc(C)cc3)CC2)cc1. The maximum absolute atomic E-state index is 12.9. The Bertz CT molecular complexity index is 933. The molecule has 2 aromatic carbocycles. The van der Waals surface area contributed by atoms with Crippen LogP contribution in [-0.2, 0) is 14.8 Å². The molecule has 1 N–H and O–H groups in total. The predicted molar refractivity (Wildman–Crippen MR) is 117 cm³/mol. The predicted octanol–water partition coefficient (Wildman–Crippen LogP) is 4.00. The Morgan fingerprint density at radius 3 is 2.21 bits per heavy atom. The first-order valence-electron chi connectivity index (χ1n) is 9.82. The van der Waals surface area contributed by atoms with Crippen molar-refractivity contribution >= 4 is 27.7 Å². The first-order valence-corrected chi connectivity index (χ1v) is 12.5. The molecule has 2 aromatic rings. The molecule has 29 heavy (non-hydrogen) atoms. The first kappa shape index (κ1) is 21.9. The van der Waals surface area contributed by atoms with Gasteiger partial charge in [0.25, 0.3) is 0 Å². The van der Waals surface area contributed by atoms with E-state index in [1.165, 1.54) is 9.87 Å². The lowest BCUT2D eigenvalue weighted by atomic mass is 9.96. The van der Waals surface area contributed by atoms with Crippen molar-refractivity contribution in [3.05, 3.63) is 59.7 Å².